The number of carbonyl (C=O) groups is 2. The molecule has 1 N–H and O–H groups in total. The van der Waals surface area contributed by atoms with Gasteiger partial charge in [0.15, 0.2) is 11.9 Å². The number of benzene rings is 1. The van der Waals surface area contributed by atoms with E-state index in [2.05, 4.69) is 10.5 Å². The van der Waals surface area contributed by atoms with Crippen molar-refractivity contribution in [2.24, 2.45) is 0 Å². The number of rotatable bonds is 7. The fourth-order valence-corrected chi connectivity index (χ4v) is 2.70. The van der Waals surface area contributed by atoms with Gasteiger partial charge in [0.1, 0.15) is 5.76 Å². The molecule has 0 aliphatic carbocycles. The number of hydrogen-bond acceptors (Lipinski definition) is 6. The second-order valence-corrected chi connectivity index (χ2v) is 6.60. The number of anilines is 1. The van der Waals surface area contributed by atoms with Gasteiger partial charge in [-0.25, -0.2) is 0 Å². The molecule has 8 heteroatoms. The van der Waals surface area contributed by atoms with Crippen LogP contribution in [0.25, 0.3) is 0 Å². The number of thioether (sulfide) groups is 1. The number of hydrogen-bond donors (Lipinski definition) is 1. The maximum Gasteiger partial charge on any atom is 0.307 e. The van der Waals surface area contributed by atoms with E-state index in [1.54, 1.807) is 25.1 Å². The number of ether oxygens (including phenoxy) is 1. The lowest BCUT2D eigenvalue weighted by molar-refractivity contribution is -0.152. The number of aryl methyl sites for hydroxylation is 1. The zero-order valence-corrected chi connectivity index (χ0v) is 14.8. The van der Waals surface area contributed by atoms with Crippen LogP contribution in [0, 0.1) is 6.92 Å². The smallest absolute Gasteiger partial charge is 0.307 e. The molecule has 0 bridgehead atoms. The SMILES string of the molecule is Cc1cc(NC(=O)C(C)OC(=O)CCSc2ccc(Cl)cc2)no1. The summed E-state index contributed by atoms with van der Waals surface area (Å²) in [4.78, 5) is 24.7. The normalized spacial score (nSPS) is 11.8. The predicted molar refractivity (Wildman–Crippen MR) is 92.2 cm³/mol. The zero-order valence-electron chi connectivity index (χ0n) is 13.2. The van der Waals surface area contributed by atoms with E-state index in [0.29, 0.717) is 22.4 Å². The van der Waals surface area contributed by atoms with E-state index in [1.807, 2.05) is 12.1 Å². The lowest BCUT2D eigenvalue weighted by Crippen LogP contribution is -2.30. The topological polar surface area (TPSA) is 81.4 Å². The first-order valence-corrected chi connectivity index (χ1v) is 8.62. The van der Waals surface area contributed by atoms with Crippen LogP contribution in [0.1, 0.15) is 19.1 Å². The summed E-state index contributed by atoms with van der Waals surface area (Å²) in [7, 11) is 0. The van der Waals surface area contributed by atoms with Crippen molar-refractivity contribution in [3.05, 3.63) is 41.1 Å². The molecule has 0 spiro atoms. The third-order valence-electron chi connectivity index (χ3n) is 2.95. The van der Waals surface area contributed by atoms with Gasteiger partial charge in [0.05, 0.1) is 6.42 Å². The van der Waals surface area contributed by atoms with Gasteiger partial charge in [0.25, 0.3) is 5.91 Å². The quantitative estimate of drug-likeness (QED) is 0.593. The van der Waals surface area contributed by atoms with Crippen molar-refractivity contribution in [2.45, 2.75) is 31.3 Å². The maximum absolute atomic E-state index is 11.9. The largest absolute Gasteiger partial charge is 0.453 e. The molecular formula is C16H17ClN2O4S. The van der Waals surface area contributed by atoms with E-state index in [9.17, 15) is 9.59 Å². The molecule has 0 radical (unpaired) electrons. The Kier molecular flexibility index (Phi) is 6.69. The van der Waals surface area contributed by atoms with E-state index >= 15 is 0 Å². The molecule has 1 heterocycles. The van der Waals surface area contributed by atoms with Gasteiger partial charge in [-0.2, -0.15) is 0 Å². The van der Waals surface area contributed by atoms with E-state index < -0.39 is 18.0 Å². The first-order valence-electron chi connectivity index (χ1n) is 7.26. The summed E-state index contributed by atoms with van der Waals surface area (Å²) < 4.78 is 9.95. The third-order valence-corrected chi connectivity index (χ3v) is 4.21. The minimum atomic E-state index is -0.907. The van der Waals surface area contributed by atoms with Gasteiger partial charge < -0.3 is 14.6 Å². The standard InChI is InChI=1S/C16H17ClN2O4S/c1-10-9-14(19-23-10)18-16(21)11(2)22-15(20)7-8-24-13-5-3-12(17)4-6-13/h3-6,9,11H,7-8H2,1-2H3,(H,18,19,21). The van der Waals surface area contributed by atoms with E-state index in [0.717, 1.165) is 4.90 Å². The first kappa shape index (κ1) is 18.4. The second-order valence-electron chi connectivity index (χ2n) is 5.00. The molecule has 1 aromatic heterocycles. The van der Waals surface area contributed by atoms with Crippen LogP contribution >= 0.6 is 23.4 Å². The molecule has 2 aromatic rings. The monoisotopic (exact) mass is 368 g/mol. The van der Waals surface area contributed by atoms with Gasteiger partial charge in [0, 0.05) is 21.7 Å². The van der Waals surface area contributed by atoms with Crippen LogP contribution in [0.15, 0.2) is 39.8 Å². The van der Waals surface area contributed by atoms with Crippen molar-refractivity contribution in [3.63, 3.8) is 0 Å². The van der Waals surface area contributed by atoms with Crippen molar-refractivity contribution in [3.8, 4) is 0 Å². The van der Waals surface area contributed by atoms with Crippen LogP contribution in [-0.4, -0.2) is 28.9 Å². The Bertz CT molecular complexity index is 702. The molecule has 1 amide bonds. The zero-order chi connectivity index (χ0) is 17.5. The number of halogens is 1. The Labute approximate surface area is 148 Å². The highest BCUT2D eigenvalue weighted by Gasteiger charge is 2.18. The van der Waals surface area contributed by atoms with Gasteiger partial charge in [0.2, 0.25) is 0 Å². The molecule has 0 saturated heterocycles. The van der Waals surface area contributed by atoms with Gasteiger partial charge in [-0.3, -0.25) is 9.59 Å². The summed E-state index contributed by atoms with van der Waals surface area (Å²) in [5.74, 6) is 0.530. The molecular weight excluding hydrogens is 352 g/mol. The number of nitrogens with one attached hydrogen (secondary N) is 1. The summed E-state index contributed by atoms with van der Waals surface area (Å²) in [6, 6.07) is 8.93. The van der Waals surface area contributed by atoms with E-state index in [-0.39, 0.29) is 6.42 Å². The van der Waals surface area contributed by atoms with Crippen molar-refractivity contribution >= 4 is 41.1 Å². The third kappa shape index (κ3) is 5.90. The Balaban J connectivity index is 1.70. The van der Waals surface area contributed by atoms with Crippen LogP contribution in [0.2, 0.25) is 5.02 Å². The Morgan fingerprint density at radius 3 is 2.71 bits per heavy atom. The predicted octanol–water partition coefficient (Wildman–Crippen LogP) is 3.69. The molecule has 2 rings (SSSR count). The van der Waals surface area contributed by atoms with Crippen LogP contribution in [-0.2, 0) is 14.3 Å². The summed E-state index contributed by atoms with van der Waals surface area (Å²) in [6.45, 7) is 3.22. The number of amides is 1. The molecule has 0 aliphatic heterocycles. The van der Waals surface area contributed by atoms with Crippen molar-refractivity contribution in [1.29, 1.82) is 0 Å². The summed E-state index contributed by atoms with van der Waals surface area (Å²) in [5.41, 5.74) is 0. The van der Waals surface area contributed by atoms with E-state index in [1.165, 1.54) is 18.7 Å². The lowest BCUT2D eigenvalue weighted by atomic mass is 10.3. The molecule has 0 saturated carbocycles. The minimum Gasteiger partial charge on any atom is -0.453 e. The molecule has 0 fully saturated rings. The highest BCUT2D eigenvalue weighted by atomic mass is 35.5. The second kappa shape index (κ2) is 8.75. The molecule has 1 atom stereocenters. The molecule has 0 aliphatic rings. The molecule has 128 valence electrons. The molecule has 1 aromatic carbocycles. The van der Waals surface area contributed by atoms with Gasteiger partial charge in [-0.05, 0) is 38.1 Å². The van der Waals surface area contributed by atoms with Crippen LogP contribution in [0.3, 0.4) is 0 Å². The summed E-state index contributed by atoms with van der Waals surface area (Å²) >= 11 is 7.33. The van der Waals surface area contributed by atoms with Gasteiger partial charge in [-0.1, -0.05) is 16.8 Å². The maximum atomic E-state index is 11.9. The van der Waals surface area contributed by atoms with Gasteiger partial charge in [-0.15, -0.1) is 11.8 Å². The van der Waals surface area contributed by atoms with Crippen molar-refractivity contribution in [2.75, 3.05) is 11.1 Å². The fraction of sp³-hybridized carbons (Fsp3) is 0.312. The Hall–Kier alpha value is -1.99. The van der Waals surface area contributed by atoms with Crippen molar-refractivity contribution < 1.29 is 18.8 Å². The summed E-state index contributed by atoms with van der Waals surface area (Å²) in [6.07, 6.45) is -0.705. The van der Waals surface area contributed by atoms with Crippen LogP contribution in [0.4, 0.5) is 5.82 Å². The van der Waals surface area contributed by atoms with Crippen LogP contribution in [0.5, 0.6) is 0 Å². The van der Waals surface area contributed by atoms with Crippen molar-refractivity contribution in [1.82, 2.24) is 5.16 Å². The number of nitrogens with zero attached hydrogens (tertiary/aromatic N) is 1. The average Bonchev–Trinajstić information content (AvgIpc) is 2.94. The lowest BCUT2D eigenvalue weighted by Gasteiger charge is -2.12. The van der Waals surface area contributed by atoms with Crippen LogP contribution < -0.4 is 5.32 Å². The first-order chi connectivity index (χ1) is 11.4. The average molecular weight is 369 g/mol. The van der Waals surface area contributed by atoms with E-state index in [4.69, 9.17) is 20.9 Å². The molecule has 1 unspecified atom stereocenters. The molecule has 24 heavy (non-hydrogen) atoms. The Morgan fingerprint density at radius 2 is 2.08 bits per heavy atom. The Morgan fingerprint density at radius 1 is 1.38 bits per heavy atom. The highest BCUT2D eigenvalue weighted by molar-refractivity contribution is 7.99. The number of aromatic nitrogens is 1. The fourth-order valence-electron chi connectivity index (χ4n) is 1.75. The number of carbonyl (C=O) groups excluding carboxylic acids is 2. The summed E-state index contributed by atoms with van der Waals surface area (Å²) in [5, 5.41) is 6.83. The minimum absolute atomic E-state index is 0.202. The molecule has 6 nitrogen and oxygen atoms in total. The number of esters is 1. The van der Waals surface area contributed by atoms with Gasteiger partial charge >= 0.3 is 5.97 Å². The highest BCUT2D eigenvalue weighted by Crippen LogP contribution is 2.21.